The van der Waals surface area contributed by atoms with Gasteiger partial charge in [-0.05, 0) is 37.5 Å². The Morgan fingerprint density at radius 2 is 1.81 bits per heavy atom. The second kappa shape index (κ2) is 9.94. The average molecular weight is 382 g/mol. The number of alkyl halides is 3. The fraction of sp³-hybridized carbons (Fsp3) is 0.500. The SMILES string of the molecule is CCNC(=NCCCCn1cnnc1)N(C)Cc1ccc(C(F)(F)F)cc1. The van der Waals surface area contributed by atoms with Crippen molar-refractivity contribution in [2.75, 3.05) is 20.1 Å². The molecule has 0 radical (unpaired) electrons. The highest BCUT2D eigenvalue weighted by Crippen LogP contribution is 2.29. The van der Waals surface area contributed by atoms with Crippen molar-refractivity contribution in [2.24, 2.45) is 4.99 Å². The van der Waals surface area contributed by atoms with Crippen molar-refractivity contribution in [3.8, 4) is 0 Å². The molecule has 0 aliphatic heterocycles. The monoisotopic (exact) mass is 382 g/mol. The molecule has 9 heteroatoms. The van der Waals surface area contributed by atoms with Crippen LogP contribution in [-0.4, -0.2) is 45.8 Å². The van der Waals surface area contributed by atoms with Crippen molar-refractivity contribution < 1.29 is 13.2 Å². The van der Waals surface area contributed by atoms with Gasteiger partial charge in [-0.1, -0.05) is 12.1 Å². The maximum Gasteiger partial charge on any atom is 0.416 e. The van der Waals surface area contributed by atoms with Crippen molar-refractivity contribution in [1.82, 2.24) is 25.0 Å². The molecule has 1 heterocycles. The molecule has 0 saturated heterocycles. The molecule has 0 amide bonds. The number of halogens is 3. The Kier molecular flexibility index (Phi) is 7.63. The Morgan fingerprint density at radius 1 is 1.15 bits per heavy atom. The second-order valence-corrected chi connectivity index (χ2v) is 6.19. The highest BCUT2D eigenvalue weighted by molar-refractivity contribution is 5.79. The summed E-state index contributed by atoms with van der Waals surface area (Å²) in [6.07, 6.45) is 0.939. The van der Waals surface area contributed by atoms with Crippen LogP contribution >= 0.6 is 0 Å². The molecular weight excluding hydrogens is 357 g/mol. The zero-order valence-corrected chi connectivity index (χ0v) is 15.6. The summed E-state index contributed by atoms with van der Waals surface area (Å²) in [6.45, 7) is 4.69. The van der Waals surface area contributed by atoms with Crippen molar-refractivity contribution in [2.45, 2.75) is 39.0 Å². The molecule has 27 heavy (non-hydrogen) atoms. The number of hydrogen-bond acceptors (Lipinski definition) is 3. The number of aliphatic imine (C=N–C) groups is 1. The molecule has 1 aromatic heterocycles. The molecule has 0 aliphatic carbocycles. The van der Waals surface area contributed by atoms with Gasteiger partial charge < -0.3 is 14.8 Å². The maximum absolute atomic E-state index is 12.7. The van der Waals surface area contributed by atoms with Crippen LogP contribution in [0.25, 0.3) is 0 Å². The summed E-state index contributed by atoms with van der Waals surface area (Å²) in [4.78, 5) is 6.50. The van der Waals surface area contributed by atoms with Gasteiger partial charge >= 0.3 is 6.18 Å². The van der Waals surface area contributed by atoms with E-state index in [-0.39, 0.29) is 0 Å². The molecule has 0 fully saturated rings. The van der Waals surface area contributed by atoms with Gasteiger partial charge in [0.1, 0.15) is 12.7 Å². The molecule has 6 nitrogen and oxygen atoms in total. The first kappa shape index (κ1) is 20.7. The van der Waals surface area contributed by atoms with E-state index in [1.165, 1.54) is 12.1 Å². The molecule has 0 spiro atoms. The molecule has 0 saturated carbocycles. The van der Waals surface area contributed by atoms with Crippen LogP contribution in [0.2, 0.25) is 0 Å². The van der Waals surface area contributed by atoms with E-state index in [1.807, 2.05) is 23.4 Å². The quantitative estimate of drug-likeness (QED) is 0.433. The lowest BCUT2D eigenvalue weighted by Crippen LogP contribution is -2.38. The Balaban J connectivity index is 1.86. The summed E-state index contributed by atoms with van der Waals surface area (Å²) >= 11 is 0. The number of guanidine groups is 1. The van der Waals surface area contributed by atoms with E-state index in [1.54, 1.807) is 12.7 Å². The van der Waals surface area contributed by atoms with Gasteiger partial charge in [-0.2, -0.15) is 13.2 Å². The largest absolute Gasteiger partial charge is 0.416 e. The lowest BCUT2D eigenvalue weighted by Gasteiger charge is -2.22. The molecule has 1 N–H and O–H groups in total. The number of unbranched alkanes of at least 4 members (excludes halogenated alkanes) is 1. The third kappa shape index (κ3) is 6.92. The molecule has 0 unspecified atom stereocenters. The minimum Gasteiger partial charge on any atom is -0.357 e. The van der Waals surface area contributed by atoms with Gasteiger partial charge in [0.05, 0.1) is 5.56 Å². The van der Waals surface area contributed by atoms with E-state index in [2.05, 4.69) is 20.5 Å². The smallest absolute Gasteiger partial charge is 0.357 e. The van der Waals surface area contributed by atoms with E-state index in [0.717, 1.165) is 49.6 Å². The van der Waals surface area contributed by atoms with E-state index in [9.17, 15) is 13.2 Å². The van der Waals surface area contributed by atoms with Crippen LogP contribution in [0.3, 0.4) is 0 Å². The third-order valence-electron chi connectivity index (χ3n) is 3.95. The van der Waals surface area contributed by atoms with Gasteiger partial charge in [0, 0.05) is 33.2 Å². The highest BCUT2D eigenvalue weighted by atomic mass is 19.4. The van der Waals surface area contributed by atoms with Crippen molar-refractivity contribution in [3.05, 3.63) is 48.0 Å². The summed E-state index contributed by atoms with van der Waals surface area (Å²) < 4.78 is 39.9. The molecule has 1 aromatic carbocycles. The third-order valence-corrected chi connectivity index (χ3v) is 3.95. The number of aromatic nitrogens is 3. The highest BCUT2D eigenvalue weighted by Gasteiger charge is 2.29. The Hall–Kier alpha value is -2.58. The van der Waals surface area contributed by atoms with Gasteiger partial charge in [0.2, 0.25) is 0 Å². The zero-order chi connectivity index (χ0) is 19.7. The summed E-state index contributed by atoms with van der Waals surface area (Å²) in [5, 5.41) is 10.7. The van der Waals surface area contributed by atoms with Crippen molar-refractivity contribution >= 4 is 5.96 Å². The van der Waals surface area contributed by atoms with E-state index in [0.29, 0.717) is 13.1 Å². The summed E-state index contributed by atoms with van der Waals surface area (Å²) in [5.41, 5.74) is 0.159. The second-order valence-electron chi connectivity index (χ2n) is 6.19. The average Bonchev–Trinajstić information content (AvgIpc) is 3.13. The van der Waals surface area contributed by atoms with Crippen molar-refractivity contribution in [3.63, 3.8) is 0 Å². The normalized spacial score (nSPS) is 12.3. The fourth-order valence-corrected chi connectivity index (χ4v) is 2.55. The van der Waals surface area contributed by atoms with Crippen LogP contribution < -0.4 is 5.32 Å². The van der Waals surface area contributed by atoms with E-state index in [4.69, 9.17) is 0 Å². The first-order valence-corrected chi connectivity index (χ1v) is 8.88. The Morgan fingerprint density at radius 3 is 2.41 bits per heavy atom. The van der Waals surface area contributed by atoms with Crippen LogP contribution in [0, 0.1) is 0 Å². The van der Waals surface area contributed by atoms with Gasteiger partial charge in [-0.25, -0.2) is 0 Å². The summed E-state index contributed by atoms with van der Waals surface area (Å²) in [5.74, 6) is 0.738. The van der Waals surface area contributed by atoms with Gasteiger partial charge in [-0.3, -0.25) is 4.99 Å². The lowest BCUT2D eigenvalue weighted by molar-refractivity contribution is -0.137. The number of nitrogens with one attached hydrogen (secondary N) is 1. The Labute approximate surface area is 157 Å². The topological polar surface area (TPSA) is 58.3 Å². The first-order chi connectivity index (χ1) is 12.9. The molecule has 0 aliphatic rings. The van der Waals surface area contributed by atoms with Crippen LogP contribution in [-0.2, 0) is 19.3 Å². The molecule has 0 atom stereocenters. The summed E-state index contributed by atoms with van der Waals surface area (Å²) in [7, 11) is 1.87. The predicted molar refractivity (Wildman–Crippen MR) is 98.1 cm³/mol. The molecule has 2 aromatic rings. The lowest BCUT2D eigenvalue weighted by atomic mass is 10.1. The Bertz CT molecular complexity index is 695. The van der Waals surface area contributed by atoms with Crippen LogP contribution in [0.15, 0.2) is 41.9 Å². The minimum absolute atomic E-state index is 0.477. The van der Waals surface area contributed by atoms with Gasteiger partial charge in [0.25, 0.3) is 0 Å². The van der Waals surface area contributed by atoms with Gasteiger partial charge in [-0.15, -0.1) is 10.2 Å². The summed E-state index contributed by atoms with van der Waals surface area (Å²) in [6, 6.07) is 5.22. The first-order valence-electron chi connectivity index (χ1n) is 8.88. The fourth-order valence-electron chi connectivity index (χ4n) is 2.55. The van der Waals surface area contributed by atoms with Gasteiger partial charge in [0.15, 0.2) is 5.96 Å². The number of rotatable bonds is 8. The molecule has 2 rings (SSSR count). The van der Waals surface area contributed by atoms with Crippen molar-refractivity contribution in [1.29, 1.82) is 0 Å². The van der Waals surface area contributed by atoms with E-state index >= 15 is 0 Å². The van der Waals surface area contributed by atoms with E-state index < -0.39 is 11.7 Å². The molecular formula is C18H25F3N6. The number of hydrogen-bond donors (Lipinski definition) is 1. The molecule has 0 bridgehead atoms. The maximum atomic E-state index is 12.7. The van der Waals surface area contributed by atoms with Crippen LogP contribution in [0.1, 0.15) is 30.9 Å². The minimum atomic E-state index is -4.31. The molecule has 148 valence electrons. The standard InChI is InChI=1S/C18H25F3N6/c1-3-22-17(23-10-4-5-11-27-13-24-25-14-27)26(2)12-15-6-8-16(9-7-15)18(19,20)21/h6-9,13-14H,3-5,10-12H2,1-2H3,(H,22,23). The zero-order valence-electron chi connectivity index (χ0n) is 15.6. The number of aryl methyl sites for hydroxylation is 1. The van der Waals surface area contributed by atoms with Crippen LogP contribution in [0.4, 0.5) is 13.2 Å². The number of nitrogens with zero attached hydrogens (tertiary/aromatic N) is 5. The number of benzene rings is 1. The van der Waals surface area contributed by atoms with Crippen LogP contribution in [0.5, 0.6) is 0 Å². The predicted octanol–water partition coefficient (Wildman–Crippen LogP) is 3.17.